The quantitative estimate of drug-likeness (QED) is 0.811. The van der Waals surface area contributed by atoms with Crippen molar-refractivity contribution in [3.63, 3.8) is 0 Å². The highest BCUT2D eigenvalue weighted by atomic mass is 32.2. The van der Waals surface area contributed by atoms with E-state index in [4.69, 9.17) is 0 Å². The monoisotopic (exact) mass is 421 g/mol. The Morgan fingerprint density at radius 2 is 1.45 bits per heavy atom. The molecule has 0 radical (unpaired) electrons. The van der Waals surface area contributed by atoms with Gasteiger partial charge in [0.1, 0.15) is 0 Å². The molecule has 162 valence electrons. The van der Waals surface area contributed by atoms with Crippen LogP contribution in [0, 0.1) is 33.6 Å². The summed E-state index contributed by atoms with van der Waals surface area (Å²) in [7, 11) is -1.45. The lowest BCUT2D eigenvalue weighted by Crippen LogP contribution is -2.48. The van der Waals surface area contributed by atoms with Gasteiger partial charge in [0, 0.05) is 25.0 Å². The van der Waals surface area contributed by atoms with Crippen LogP contribution < -0.4 is 5.32 Å². The topological polar surface area (TPSA) is 69.7 Å². The SMILES string of the molecule is Cc1cc(C)c(C)c(S(=O)(=O)N2CCC(C(=O)NC3CCN(C)CC3)CC2)c1C. The highest BCUT2D eigenvalue weighted by molar-refractivity contribution is 7.89. The van der Waals surface area contributed by atoms with Gasteiger partial charge in [-0.25, -0.2) is 8.42 Å². The first kappa shape index (κ1) is 22.2. The molecule has 1 aromatic carbocycles. The van der Waals surface area contributed by atoms with Gasteiger partial charge >= 0.3 is 0 Å². The van der Waals surface area contributed by atoms with E-state index in [-0.39, 0.29) is 17.9 Å². The van der Waals surface area contributed by atoms with Crippen molar-refractivity contribution in [2.45, 2.75) is 64.3 Å². The first-order valence-corrected chi connectivity index (χ1v) is 12.1. The molecule has 0 aliphatic carbocycles. The lowest BCUT2D eigenvalue weighted by Gasteiger charge is -2.34. The first-order chi connectivity index (χ1) is 13.6. The number of carbonyl (C=O) groups excluding carboxylic acids is 1. The van der Waals surface area contributed by atoms with E-state index in [2.05, 4.69) is 17.3 Å². The summed E-state index contributed by atoms with van der Waals surface area (Å²) in [6, 6.07) is 2.30. The van der Waals surface area contributed by atoms with E-state index in [1.807, 2.05) is 33.8 Å². The number of hydrogen-bond donors (Lipinski definition) is 1. The molecule has 6 nitrogen and oxygen atoms in total. The molecule has 0 saturated carbocycles. The number of sulfonamides is 1. The van der Waals surface area contributed by atoms with Crippen LogP contribution in [0.25, 0.3) is 0 Å². The fourth-order valence-electron chi connectivity index (χ4n) is 4.53. The molecule has 3 rings (SSSR count). The molecule has 1 aromatic rings. The highest BCUT2D eigenvalue weighted by Crippen LogP contribution is 2.31. The zero-order chi connectivity index (χ0) is 21.3. The largest absolute Gasteiger partial charge is 0.353 e. The van der Waals surface area contributed by atoms with Crippen LogP contribution in [0.4, 0.5) is 0 Å². The second-order valence-corrected chi connectivity index (χ2v) is 10.7. The molecule has 0 atom stereocenters. The number of nitrogens with zero attached hydrogens (tertiary/aromatic N) is 2. The average Bonchev–Trinajstić information content (AvgIpc) is 2.68. The summed E-state index contributed by atoms with van der Waals surface area (Å²) in [5.74, 6) is -0.00194. The van der Waals surface area contributed by atoms with Gasteiger partial charge in [-0.05, 0) is 95.8 Å². The predicted octanol–water partition coefficient (Wildman–Crippen LogP) is 2.53. The third-order valence-electron chi connectivity index (χ3n) is 6.78. The second-order valence-electron chi connectivity index (χ2n) is 8.85. The summed E-state index contributed by atoms with van der Waals surface area (Å²) >= 11 is 0. The van der Waals surface area contributed by atoms with Crippen molar-refractivity contribution < 1.29 is 13.2 Å². The summed E-state index contributed by atoms with van der Waals surface area (Å²) in [5.41, 5.74) is 3.66. The second kappa shape index (κ2) is 8.74. The maximum atomic E-state index is 13.4. The minimum atomic E-state index is -3.55. The number of piperidine rings is 2. The number of amides is 1. The lowest BCUT2D eigenvalue weighted by atomic mass is 9.96. The Balaban J connectivity index is 1.65. The Labute approximate surface area is 175 Å². The van der Waals surface area contributed by atoms with Crippen LogP contribution in [0.5, 0.6) is 0 Å². The van der Waals surface area contributed by atoms with Crippen molar-refractivity contribution in [3.8, 4) is 0 Å². The van der Waals surface area contributed by atoms with Gasteiger partial charge in [-0.2, -0.15) is 4.31 Å². The van der Waals surface area contributed by atoms with Crippen molar-refractivity contribution in [1.29, 1.82) is 0 Å². The van der Waals surface area contributed by atoms with Gasteiger partial charge in [-0.1, -0.05) is 6.07 Å². The van der Waals surface area contributed by atoms with Gasteiger partial charge < -0.3 is 10.2 Å². The van der Waals surface area contributed by atoms with Gasteiger partial charge in [0.05, 0.1) is 4.90 Å². The van der Waals surface area contributed by atoms with E-state index >= 15 is 0 Å². The van der Waals surface area contributed by atoms with E-state index in [1.165, 1.54) is 0 Å². The lowest BCUT2D eigenvalue weighted by molar-refractivity contribution is -0.127. The standard InChI is InChI=1S/C22H35N3O3S/c1-15-14-16(2)18(4)21(17(15)3)29(27,28)25-12-6-19(7-13-25)22(26)23-20-8-10-24(5)11-9-20/h14,19-20H,6-13H2,1-5H3,(H,23,26). The molecule has 7 heteroatoms. The number of likely N-dealkylation sites (tertiary alicyclic amines) is 1. The molecule has 1 N–H and O–H groups in total. The van der Waals surface area contributed by atoms with Crippen molar-refractivity contribution in [2.75, 3.05) is 33.2 Å². The van der Waals surface area contributed by atoms with Crippen LogP contribution in [0.2, 0.25) is 0 Å². The summed E-state index contributed by atoms with van der Waals surface area (Å²) in [5, 5.41) is 3.19. The van der Waals surface area contributed by atoms with Crippen molar-refractivity contribution in [2.24, 2.45) is 5.92 Å². The van der Waals surface area contributed by atoms with E-state index in [0.717, 1.165) is 48.2 Å². The molecule has 0 aromatic heterocycles. The predicted molar refractivity (Wildman–Crippen MR) is 116 cm³/mol. The minimum absolute atomic E-state index is 0.0929. The van der Waals surface area contributed by atoms with Gasteiger partial charge in [-0.3, -0.25) is 4.79 Å². The first-order valence-electron chi connectivity index (χ1n) is 10.7. The summed E-state index contributed by atoms with van der Waals surface area (Å²) in [4.78, 5) is 15.4. The Bertz CT molecular complexity index is 840. The van der Waals surface area contributed by atoms with Crippen LogP contribution in [0.15, 0.2) is 11.0 Å². The zero-order valence-corrected chi connectivity index (χ0v) is 19.2. The number of benzene rings is 1. The number of carbonyl (C=O) groups is 1. The van der Waals surface area contributed by atoms with E-state index < -0.39 is 10.0 Å². The fraction of sp³-hybridized carbons (Fsp3) is 0.682. The molecular formula is C22H35N3O3S. The van der Waals surface area contributed by atoms with Crippen LogP contribution in [-0.4, -0.2) is 62.8 Å². The molecule has 0 bridgehead atoms. The third kappa shape index (κ3) is 4.67. The smallest absolute Gasteiger partial charge is 0.243 e. The van der Waals surface area contributed by atoms with Crippen LogP contribution in [0.1, 0.15) is 47.9 Å². The Morgan fingerprint density at radius 1 is 0.931 bits per heavy atom. The van der Waals surface area contributed by atoms with Crippen molar-refractivity contribution in [3.05, 3.63) is 28.3 Å². The molecule has 2 fully saturated rings. The number of aryl methyl sites for hydroxylation is 2. The van der Waals surface area contributed by atoms with Gasteiger partial charge in [0.15, 0.2) is 0 Å². The van der Waals surface area contributed by atoms with Gasteiger partial charge in [0.25, 0.3) is 0 Å². The average molecular weight is 422 g/mol. The third-order valence-corrected chi connectivity index (χ3v) is 8.96. The molecule has 0 spiro atoms. The molecular weight excluding hydrogens is 386 g/mol. The van der Waals surface area contributed by atoms with Gasteiger partial charge in [0.2, 0.25) is 15.9 Å². The molecule has 29 heavy (non-hydrogen) atoms. The van der Waals surface area contributed by atoms with Crippen molar-refractivity contribution in [1.82, 2.24) is 14.5 Å². The molecule has 2 heterocycles. The number of nitrogens with one attached hydrogen (secondary N) is 1. The summed E-state index contributed by atoms with van der Waals surface area (Å²) < 4.78 is 28.3. The zero-order valence-electron chi connectivity index (χ0n) is 18.4. The summed E-state index contributed by atoms with van der Waals surface area (Å²) in [6.07, 6.45) is 3.14. The van der Waals surface area contributed by atoms with E-state index in [0.29, 0.717) is 30.8 Å². The molecule has 0 unspecified atom stereocenters. The van der Waals surface area contributed by atoms with Crippen molar-refractivity contribution >= 4 is 15.9 Å². The Kier molecular flexibility index (Phi) is 6.70. The molecule has 2 aliphatic heterocycles. The highest BCUT2D eigenvalue weighted by Gasteiger charge is 2.34. The van der Waals surface area contributed by atoms with Gasteiger partial charge in [-0.15, -0.1) is 0 Å². The molecule has 2 aliphatic rings. The minimum Gasteiger partial charge on any atom is -0.353 e. The number of hydrogen-bond acceptors (Lipinski definition) is 4. The van der Waals surface area contributed by atoms with Crippen LogP contribution in [0.3, 0.4) is 0 Å². The molecule has 1 amide bonds. The van der Waals surface area contributed by atoms with E-state index in [9.17, 15) is 13.2 Å². The maximum absolute atomic E-state index is 13.4. The Morgan fingerprint density at radius 3 is 1.97 bits per heavy atom. The Hall–Kier alpha value is -1.44. The number of rotatable bonds is 4. The van der Waals surface area contributed by atoms with E-state index in [1.54, 1.807) is 4.31 Å². The maximum Gasteiger partial charge on any atom is 0.243 e. The molecule has 2 saturated heterocycles. The fourth-order valence-corrected chi connectivity index (χ4v) is 6.57. The summed E-state index contributed by atoms with van der Waals surface area (Å²) in [6.45, 7) is 10.5. The normalized spacial score (nSPS) is 20.7. The van der Waals surface area contributed by atoms with Crippen LogP contribution >= 0.6 is 0 Å². The van der Waals surface area contributed by atoms with Crippen LogP contribution in [-0.2, 0) is 14.8 Å².